The first-order chi connectivity index (χ1) is 12.2. The lowest BCUT2D eigenvalue weighted by Crippen LogP contribution is -2.34. The quantitative estimate of drug-likeness (QED) is 0.585. The van der Waals surface area contributed by atoms with Crippen molar-refractivity contribution in [2.45, 2.75) is 77.6 Å². The van der Waals surface area contributed by atoms with E-state index in [4.69, 9.17) is 14.2 Å². The van der Waals surface area contributed by atoms with E-state index in [1.54, 1.807) is 0 Å². The van der Waals surface area contributed by atoms with Crippen LogP contribution in [0.1, 0.15) is 77.6 Å². The van der Waals surface area contributed by atoms with Gasteiger partial charge in [-0.1, -0.05) is 58.3 Å². The van der Waals surface area contributed by atoms with Crippen LogP contribution in [-0.2, 0) is 19.0 Å². The summed E-state index contributed by atoms with van der Waals surface area (Å²) in [5, 5.41) is 9.86. The molecule has 0 bridgehead atoms. The number of hydrogen-bond donors (Lipinski definition) is 1. The Morgan fingerprint density at radius 2 is 1.20 bits per heavy atom. The Bertz CT molecular complexity index is 320. The van der Waals surface area contributed by atoms with E-state index >= 15 is 0 Å². The van der Waals surface area contributed by atoms with Crippen LogP contribution in [0.15, 0.2) is 0 Å². The minimum absolute atomic E-state index is 0.479. The Morgan fingerprint density at radius 3 is 1.68 bits per heavy atom. The highest BCUT2D eigenvalue weighted by Crippen LogP contribution is 2.34. The SMILES string of the molecule is CCCCCCCCCCC1(C(=O)O)CCOCCOCCOCC1. The Balaban J connectivity index is 2.37. The summed E-state index contributed by atoms with van der Waals surface area (Å²) in [5.41, 5.74) is -0.706. The van der Waals surface area contributed by atoms with E-state index in [9.17, 15) is 9.90 Å². The van der Waals surface area contributed by atoms with Gasteiger partial charge in [0.25, 0.3) is 0 Å². The molecule has 1 fully saturated rings. The van der Waals surface area contributed by atoms with Gasteiger partial charge in [-0.05, 0) is 19.3 Å². The molecule has 1 aliphatic heterocycles. The van der Waals surface area contributed by atoms with E-state index in [0.29, 0.717) is 52.5 Å². The molecule has 0 saturated carbocycles. The molecule has 0 amide bonds. The summed E-state index contributed by atoms with van der Waals surface area (Å²) in [6, 6.07) is 0. The van der Waals surface area contributed by atoms with Crippen LogP contribution in [-0.4, -0.2) is 50.7 Å². The number of unbranched alkanes of at least 4 members (excludes halogenated alkanes) is 7. The van der Waals surface area contributed by atoms with Gasteiger partial charge >= 0.3 is 5.97 Å². The first kappa shape index (κ1) is 22.4. The summed E-state index contributed by atoms with van der Waals surface area (Å²) < 4.78 is 16.5. The number of ether oxygens (including phenoxy) is 3. The minimum Gasteiger partial charge on any atom is -0.481 e. The van der Waals surface area contributed by atoms with Gasteiger partial charge in [0, 0.05) is 13.2 Å². The lowest BCUT2D eigenvalue weighted by atomic mass is 9.77. The maximum absolute atomic E-state index is 12.0. The third kappa shape index (κ3) is 10.2. The summed E-state index contributed by atoms with van der Waals surface area (Å²) >= 11 is 0. The number of hydrogen-bond acceptors (Lipinski definition) is 4. The second-order valence-corrected chi connectivity index (χ2v) is 7.15. The maximum Gasteiger partial charge on any atom is 0.309 e. The number of carboxylic acids is 1. The van der Waals surface area contributed by atoms with E-state index in [0.717, 1.165) is 19.3 Å². The van der Waals surface area contributed by atoms with Crippen LogP contribution in [0.5, 0.6) is 0 Å². The van der Waals surface area contributed by atoms with Crippen molar-refractivity contribution in [1.29, 1.82) is 0 Å². The Labute approximate surface area is 153 Å². The second kappa shape index (κ2) is 14.5. The molecule has 25 heavy (non-hydrogen) atoms. The molecule has 1 saturated heterocycles. The van der Waals surface area contributed by atoms with Gasteiger partial charge < -0.3 is 19.3 Å². The zero-order valence-electron chi connectivity index (χ0n) is 16.1. The topological polar surface area (TPSA) is 65.0 Å². The maximum atomic E-state index is 12.0. The largest absolute Gasteiger partial charge is 0.481 e. The molecule has 0 radical (unpaired) electrons. The first-order valence-electron chi connectivity index (χ1n) is 10.2. The van der Waals surface area contributed by atoms with E-state index in [-0.39, 0.29) is 0 Å². The predicted octanol–water partition coefficient (Wildman–Crippen LogP) is 4.43. The van der Waals surface area contributed by atoms with Crippen molar-refractivity contribution < 1.29 is 24.1 Å². The number of aliphatic carboxylic acids is 1. The number of carboxylic acid groups (broad SMARTS) is 1. The average molecular weight is 359 g/mol. The fourth-order valence-corrected chi connectivity index (χ4v) is 3.37. The first-order valence-corrected chi connectivity index (χ1v) is 10.2. The van der Waals surface area contributed by atoms with Crippen LogP contribution >= 0.6 is 0 Å². The normalized spacial score (nSPS) is 19.7. The minimum atomic E-state index is -0.706. The summed E-state index contributed by atoms with van der Waals surface area (Å²) in [6.07, 6.45) is 11.7. The van der Waals surface area contributed by atoms with Gasteiger partial charge in [0.05, 0.1) is 31.8 Å². The van der Waals surface area contributed by atoms with Gasteiger partial charge in [-0.2, -0.15) is 0 Å². The van der Waals surface area contributed by atoms with Gasteiger partial charge in [-0.25, -0.2) is 0 Å². The zero-order valence-corrected chi connectivity index (χ0v) is 16.1. The highest BCUT2D eigenvalue weighted by Gasteiger charge is 2.37. The van der Waals surface area contributed by atoms with Gasteiger partial charge in [0.1, 0.15) is 0 Å². The molecule has 148 valence electrons. The van der Waals surface area contributed by atoms with Crippen molar-refractivity contribution in [2.75, 3.05) is 39.6 Å². The van der Waals surface area contributed by atoms with E-state index in [1.807, 2.05) is 0 Å². The Kier molecular flexibility index (Phi) is 13.0. The number of carbonyl (C=O) groups is 1. The van der Waals surface area contributed by atoms with Gasteiger partial charge in [-0.3, -0.25) is 4.79 Å². The van der Waals surface area contributed by atoms with Crippen LogP contribution in [0.2, 0.25) is 0 Å². The average Bonchev–Trinajstić information content (AvgIpc) is 2.59. The number of rotatable bonds is 10. The van der Waals surface area contributed by atoms with Gasteiger partial charge in [0.2, 0.25) is 0 Å². The van der Waals surface area contributed by atoms with Crippen molar-refractivity contribution in [1.82, 2.24) is 0 Å². The lowest BCUT2D eigenvalue weighted by Gasteiger charge is -2.30. The molecule has 0 spiro atoms. The van der Waals surface area contributed by atoms with Crippen molar-refractivity contribution in [2.24, 2.45) is 5.41 Å². The molecule has 1 heterocycles. The molecular formula is C20H38O5. The molecule has 1 N–H and O–H groups in total. The molecule has 5 nitrogen and oxygen atoms in total. The molecule has 1 aliphatic rings. The van der Waals surface area contributed by atoms with Crippen molar-refractivity contribution >= 4 is 5.97 Å². The molecular weight excluding hydrogens is 320 g/mol. The van der Waals surface area contributed by atoms with Crippen LogP contribution in [0.25, 0.3) is 0 Å². The van der Waals surface area contributed by atoms with Crippen LogP contribution < -0.4 is 0 Å². The molecule has 0 atom stereocenters. The van der Waals surface area contributed by atoms with E-state index in [2.05, 4.69) is 6.92 Å². The van der Waals surface area contributed by atoms with Crippen LogP contribution in [0.3, 0.4) is 0 Å². The van der Waals surface area contributed by atoms with E-state index < -0.39 is 11.4 Å². The van der Waals surface area contributed by atoms with Gasteiger partial charge in [0.15, 0.2) is 0 Å². The third-order valence-electron chi connectivity index (χ3n) is 5.16. The highest BCUT2D eigenvalue weighted by molar-refractivity contribution is 5.74. The lowest BCUT2D eigenvalue weighted by molar-refractivity contribution is -0.153. The van der Waals surface area contributed by atoms with Crippen LogP contribution in [0, 0.1) is 5.41 Å². The Morgan fingerprint density at radius 1 is 0.760 bits per heavy atom. The molecule has 0 aromatic rings. The molecule has 0 unspecified atom stereocenters. The summed E-state index contributed by atoms with van der Waals surface area (Å²) in [6.45, 7) is 5.32. The zero-order chi connectivity index (χ0) is 18.2. The van der Waals surface area contributed by atoms with E-state index in [1.165, 1.54) is 38.5 Å². The predicted molar refractivity (Wildman–Crippen MR) is 99.0 cm³/mol. The Hall–Kier alpha value is -0.650. The smallest absolute Gasteiger partial charge is 0.309 e. The summed E-state index contributed by atoms with van der Waals surface area (Å²) in [7, 11) is 0. The molecule has 0 aliphatic carbocycles. The van der Waals surface area contributed by atoms with Crippen LogP contribution in [0.4, 0.5) is 0 Å². The molecule has 1 rings (SSSR count). The molecule has 0 aromatic carbocycles. The summed E-state index contributed by atoms with van der Waals surface area (Å²) in [5.74, 6) is -0.698. The molecule has 0 aromatic heterocycles. The van der Waals surface area contributed by atoms with Crippen molar-refractivity contribution in [3.05, 3.63) is 0 Å². The van der Waals surface area contributed by atoms with Crippen molar-refractivity contribution in [3.8, 4) is 0 Å². The van der Waals surface area contributed by atoms with Crippen molar-refractivity contribution in [3.63, 3.8) is 0 Å². The monoisotopic (exact) mass is 358 g/mol. The standard InChI is InChI=1S/C20H38O5/c1-2-3-4-5-6-7-8-9-10-20(19(21)22)11-13-23-15-17-25-18-16-24-14-12-20/h2-18H2,1H3,(H,21,22). The second-order valence-electron chi connectivity index (χ2n) is 7.15. The highest BCUT2D eigenvalue weighted by atomic mass is 16.5. The van der Waals surface area contributed by atoms with Gasteiger partial charge in [-0.15, -0.1) is 0 Å². The fraction of sp³-hybridized carbons (Fsp3) is 0.950. The fourth-order valence-electron chi connectivity index (χ4n) is 3.37. The molecule has 5 heteroatoms. The summed E-state index contributed by atoms with van der Waals surface area (Å²) in [4.78, 5) is 12.0. The third-order valence-corrected chi connectivity index (χ3v) is 5.16.